The van der Waals surface area contributed by atoms with Crippen molar-refractivity contribution >= 4 is 37.5 Å². The van der Waals surface area contributed by atoms with E-state index in [9.17, 15) is 8.78 Å². The van der Waals surface area contributed by atoms with Crippen molar-refractivity contribution in [2.45, 2.75) is 12.5 Å². The van der Waals surface area contributed by atoms with Crippen LogP contribution in [-0.2, 0) is 0 Å². The highest BCUT2D eigenvalue weighted by Crippen LogP contribution is 2.37. The van der Waals surface area contributed by atoms with Crippen LogP contribution in [0.15, 0.2) is 39.3 Å². The van der Waals surface area contributed by atoms with E-state index in [0.29, 0.717) is 13.0 Å². The van der Waals surface area contributed by atoms with Crippen molar-refractivity contribution in [1.29, 1.82) is 0 Å². The number of rotatable bonds is 2. The molecule has 0 amide bonds. The number of fused-ring (bicyclic) bond motifs is 1. The minimum Gasteiger partial charge on any atom is -0.493 e. The van der Waals surface area contributed by atoms with Crippen LogP contribution < -0.4 is 10.1 Å². The summed E-state index contributed by atoms with van der Waals surface area (Å²) in [5.74, 6) is -0.449. The quantitative estimate of drug-likeness (QED) is 0.657. The zero-order chi connectivity index (χ0) is 15.0. The molecule has 1 N–H and O–H groups in total. The van der Waals surface area contributed by atoms with Crippen molar-refractivity contribution in [2.24, 2.45) is 0 Å². The molecule has 0 aromatic heterocycles. The summed E-state index contributed by atoms with van der Waals surface area (Å²) in [6.07, 6.45) is 0.706. The van der Waals surface area contributed by atoms with Gasteiger partial charge in [0, 0.05) is 22.5 Å². The van der Waals surface area contributed by atoms with Gasteiger partial charge in [0.15, 0.2) is 0 Å². The lowest BCUT2D eigenvalue weighted by molar-refractivity contribution is 0.274. The molecule has 0 saturated carbocycles. The SMILES string of the molecule is Fc1cc(F)c(NC2CCOc3ccc(Br)cc32)cc1Br. The summed E-state index contributed by atoms with van der Waals surface area (Å²) >= 11 is 6.50. The molecule has 0 radical (unpaired) electrons. The minimum absolute atomic E-state index is 0.0851. The van der Waals surface area contributed by atoms with Gasteiger partial charge in [-0.25, -0.2) is 8.78 Å². The summed E-state index contributed by atoms with van der Waals surface area (Å²) in [6.45, 7) is 0.552. The van der Waals surface area contributed by atoms with E-state index in [-0.39, 0.29) is 16.2 Å². The van der Waals surface area contributed by atoms with E-state index in [4.69, 9.17) is 4.74 Å². The highest BCUT2D eigenvalue weighted by molar-refractivity contribution is 9.10. The Bertz CT molecular complexity index is 694. The average Bonchev–Trinajstić information content (AvgIpc) is 2.45. The highest BCUT2D eigenvalue weighted by Gasteiger charge is 2.23. The molecule has 2 aromatic carbocycles. The molecule has 1 aliphatic rings. The zero-order valence-corrected chi connectivity index (χ0v) is 14.0. The summed E-state index contributed by atoms with van der Waals surface area (Å²) in [7, 11) is 0. The Hall–Kier alpha value is -1.14. The monoisotopic (exact) mass is 417 g/mol. The third-order valence-electron chi connectivity index (χ3n) is 3.35. The molecular weight excluding hydrogens is 408 g/mol. The molecule has 1 atom stereocenters. The van der Waals surface area contributed by atoms with Crippen LogP contribution >= 0.6 is 31.9 Å². The van der Waals surface area contributed by atoms with Crippen LogP contribution in [-0.4, -0.2) is 6.61 Å². The van der Waals surface area contributed by atoms with Crippen LogP contribution in [0.2, 0.25) is 0 Å². The van der Waals surface area contributed by atoms with E-state index < -0.39 is 11.6 Å². The van der Waals surface area contributed by atoms with E-state index in [2.05, 4.69) is 37.2 Å². The number of ether oxygens (including phenoxy) is 1. The molecule has 21 heavy (non-hydrogen) atoms. The lowest BCUT2D eigenvalue weighted by atomic mass is 10.0. The Morgan fingerprint density at radius 1 is 1.10 bits per heavy atom. The maximum atomic E-state index is 13.9. The van der Waals surface area contributed by atoms with Gasteiger partial charge in [0.05, 0.1) is 22.8 Å². The Labute approximate surface area is 137 Å². The molecule has 1 unspecified atom stereocenters. The summed E-state index contributed by atoms with van der Waals surface area (Å²) in [6, 6.07) is 7.92. The second-order valence-corrected chi connectivity index (χ2v) is 6.53. The highest BCUT2D eigenvalue weighted by atomic mass is 79.9. The Morgan fingerprint density at radius 3 is 2.71 bits per heavy atom. The van der Waals surface area contributed by atoms with E-state index in [1.54, 1.807) is 0 Å². The molecule has 3 rings (SSSR count). The normalized spacial score (nSPS) is 17.0. The van der Waals surface area contributed by atoms with E-state index in [0.717, 1.165) is 21.9 Å². The maximum absolute atomic E-state index is 13.9. The van der Waals surface area contributed by atoms with E-state index in [1.807, 2.05) is 18.2 Å². The smallest absolute Gasteiger partial charge is 0.149 e. The molecule has 0 bridgehead atoms. The predicted octanol–water partition coefficient (Wildman–Crippen LogP) is 5.43. The first-order valence-corrected chi connectivity index (χ1v) is 7.96. The van der Waals surface area contributed by atoms with Gasteiger partial charge in [0.25, 0.3) is 0 Å². The van der Waals surface area contributed by atoms with Crippen molar-refractivity contribution in [2.75, 3.05) is 11.9 Å². The van der Waals surface area contributed by atoms with Crippen molar-refractivity contribution in [3.63, 3.8) is 0 Å². The second-order valence-electron chi connectivity index (χ2n) is 4.76. The summed E-state index contributed by atoms with van der Waals surface area (Å²) in [4.78, 5) is 0. The molecule has 0 fully saturated rings. The molecule has 1 heterocycles. The minimum atomic E-state index is -0.617. The second kappa shape index (κ2) is 5.93. The summed E-state index contributed by atoms with van der Waals surface area (Å²) in [5, 5.41) is 3.13. The van der Waals surface area contributed by atoms with Gasteiger partial charge in [-0.3, -0.25) is 0 Å². The topological polar surface area (TPSA) is 21.3 Å². The Balaban J connectivity index is 1.93. The first-order chi connectivity index (χ1) is 10.0. The number of hydrogen-bond donors (Lipinski definition) is 1. The predicted molar refractivity (Wildman–Crippen MR) is 84.7 cm³/mol. The van der Waals surface area contributed by atoms with Crippen molar-refractivity contribution in [3.05, 3.63) is 56.5 Å². The van der Waals surface area contributed by atoms with Crippen molar-refractivity contribution in [1.82, 2.24) is 0 Å². The fourth-order valence-electron chi connectivity index (χ4n) is 2.34. The van der Waals surface area contributed by atoms with Gasteiger partial charge in [-0.05, 0) is 40.2 Å². The lowest BCUT2D eigenvalue weighted by Gasteiger charge is -2.28. The third-order valence-corrected chi connectivity index (χ3v) is 4.45. The number of nitrogens with one attached hydrogen (secondary N) is 1. The summed E-state index contributed by atoms with van der Waals surface area (Å²) < 4.78 is 33.9. The first kappa shape index (κ1) is 14.8. The van der Waals surface area contributed by atoms with Gasteiger partial charge in [-0.1, -0.05) is 15.9 Å². The molecule has 0 spiro atoms. The van der Waals surface area contributed by atoms with Gasteiger partial charge in [-0.2, -0.15) is 0 Å². The van der Waals surface area contributed by atoms with Crippen LogP contribution in [0, 0.1) is 11.6 Å². The molecule has 0 aliphatic carbocycles. The molecule has 110 valence electrons. The number of halogens is 4. The maximum Gasteiger partial charge on any atom is 0.149 e. The van der Waals surface area contributed by atoms with Crippen LogP contribution in [0.3, 0.4) is 0 Å². The molecule has 1 aliphatic heterocycles. The standard InChI is InChI=1S/C15H11Br2F2NO/c16-8-1-2-15-9(5-8)13(3-4-21-15)20-14-6-10(17)11(18)7-12(14)19/h1-2,5-7,13,20H,3-4H2. The van der Waals surface area contributed by atoms with Crippen LogP contribution in [0.4, 0.5) is 14.5 Å². The largest absolute Gasteiger partial charge is 0.493 e. The third kappa shape index (κ3) is 3.06. The van der Waals surface area contributed by atoms with Crippen LogP contribution in [0.5, 0.6) is 5.75 Å². The average molecular weight is 419 g/mol. The fraction of sp³-hybridized carbons (Fsp3) is 0.200. The van der Waals surface area contributed by atoms with Gasteiger partial charge in [-0.15, -0.1) is 0 Å². The molecular formula is C15H11Br2F2NO. The van der Waals surface area contributed by atoms with Gasteiger partial charge in [0.2, 0.25) is 0 Å². The first-order valence-electron chi connectivity index (χ1n) is 6.38. The lowest BCUT2D eigenvalue weighted by Crippen LogP contribution is -2.21. The molecule has 2 nitrogen and oxygen atoms in total. The van der Waals surface area contributed by atoms with E-state index in [1.165, 1.54) is 6.07 Å². The Morgan fingerprint density at radius 2 is 1.90 bits per heavy atom. The Kier molecular flexibility index (Phi) is 4.17. The number of hydrogen-bond acceptors (Lipinski definition) is 2. The van der Waals surface area contributed by atoms with Crippen LogP contribution in [0.1, 0.15) is 18.0 Å². The number of benzene rings is 2. The van der Waals surface area contributed by atoms with Crippen molar-refractivity contribution in [3.8, 4) is 5.75 Å². The zero-order valence-electron chi connectivity index (χ0n) is 10.8. The van der Waals surface area contributed by atoms with Crippen LogP contribution in [0.25, 0.3) is 0 Å². The van der Waals surface area contributed by atoms with Gasteiger partial charge >= 0.3 is 0 Å². The molecule has 6 heteroatoms. The van der Waals surface area contributed by atoms with Gasteiger partial charge < -0.3 is 10.1 Å². The van der Waals surface area contributed by atoms with Crippen molar-refractivity contribution < 1.29 is 13.5 Å². The summed E-state index contributed by atoms with van der Waals surface area (Å²) in [5.41, 5.74) is 1.22. The molecule has 0 saturated heterocycles. The molecule has 2 aromatic rings. The fourth-order valence-corrected chi connectivity index (χ4v) is 3.06. The van der Waals surface area contributed by atoms with E-state index >= 15 is 0 Å². The number of anilines is 1. The van der Waals surface area contributed by atoms with Gasteiger partial charge in [0.1, 0.15) is 17.4 Å².